The number of amides is 8. The second kappa shape index (κ2) is 45.2. The zero-order valence-electron chi connectivity index (χ0n) is 72.3. The topological polar surface area (TPSA) is 382 Å². The Kier molecular flexibility index (Phi) is 33.4. The molecular formula is C97H87Cl6FN12O16S4. The Hall–Kier alpha value is -12.9. The number of benzene rings is 12. The number of rotatable bonds is 20. The van der Waals surface area contributed by atoms with Gasteiger partial charge in [-0.1, -0.05) is 118 Å². The minimum atomic E-state index is -3.40. The number of anilines is 12. The summed E-state index contributed by atoms with van der Waals surface area (Å²) in [5.41, 5.74) is 8.66. The molecule has 8 N–H and O–H groups in total. The first-order chi connectivity index (χ1) is 64.9. The Balaban J connectivity index is 0.000000153. The van der Waals surface area contributed by atoms with Gasteiger partial charge in [-0.2, -0.15) is 0 Å². The number of aryl methyl sites for hydroxylation is 1. The molecule has 0 saturated carbocycles. The molecule has 39 heteroatoms. The quantitative estimate of drug-likeness (QED) is 0.0351. The lowest BCUT2D eigenvalue weighted by Crippen LogP contribution is -2.37. The molecule has 4 aliphatic rings. The predicted molar refractivity (Wildman–Crippen MR) is 537 cm³/mol. The van der Waals surface area contributed by atoms with Gasteiger partial charge in [-0.25, -0.2) is 38.1 Å². The number of halogens is 7. The van der Waals surface area contributed by atoms with Crippen LogP contribution in [0.5, 0.6) is 0 Å². The average molecular weight is 2040 g/mol. The van der Waals surface area contributed by atoms with Crippen LogP contribution in [0.3, 0.4) is 0 Å². The number of hydrogen-bond acceptors (Lipinski definition) is 16. The number of sulfonamides is 4. The third-order valence-electron chi connectivity index (χ3n) is 21.5. The lowest BCUT2D eigenvalue weighted by molar-refractivity contribution is 0.101. The third kappa shape index (κ3) is 26.6. The molecule has 0 bridgehead atoms. The predicted octanol–water partition coefficient (Wildman–Crippen LogP) is 20.9. The minimum Gasteiger partial charge on any atom is -0.322 e. The largest absolute Gasteiger partial charge is 0.322 e. The van der Waals surface area contributed by atoms with Gasteiger partial charge in [-0.05, 0) is 283 Å². The molecule has 12 aromatic rings. The summed E-state index contributed by atoms with van der Waals surface area (Å²) < 4.78 is 117. The van der Waals surface area contributed by atoms with Gasteiger partial charge in [-0.3, -0.25) is 55.6 Å². The summed E-state index contributed by atoms with van der Waals surface area (Å²) >= 11 is 37.1. The Labute approximate surface area is 815 Å². The highest BCUT2D eigenvalue weighted by Crippen LogP contribution is 2.36. The van der Waals surface area contributed by atoms with E-state index in [2.05, 4.69) is 42.5 Å². The third-order valence-corrected chi connectivity index (χ3v) is 30.9. The van der Waals surface area contributed by atoms with Gasteiger partial charge >= 0.3 is 0 Å². The van der Waals surface area contributed by atoms with Crippen molar-refractivity contribution in [3.63, 3.8) is 0 Å². The van der Waals surface area contributed by atoms with Gasteiger partial charge in [0.2, 0.25) is 40.1 Å². The van der Waals surface area contributed by atoms with Crippen molar-refractivity contribution in [2.45, 2.75) is 58.3 Å². The zero-order valence-corrected chi connectivity index (χ0v) is 80.1. The Morgan fingerprint density at radius 3 is 0.875 bits per heavy atom. The number of nitrogens with zero attached hydrogens (tertiary/aromatic N) is 4. The maximum atomic E-state index is 13.4. The maximum absolute atomic E-state index is 13.4. The number of hydrogen-bond donors (Lipinski definition) is 8. The molecule has 28 nitrogen and oxygen atoms in total. The molecule has 8 amide bonds. The summed E-state index contributed by atoms with van der Waals surface area (Å²) in [5, 5.41) is 23.6. The van der Waals surface area contributed by atoms with Crippen molar-refractivity contribution in [1.29, 1.82) is 0 Å². The summed E-state index contributed by atoms with van der Waals surface area (Å²) in [4.78, 5) is 101. The van der Waals surface area contributed by atoms with Crippen molar-refractivity contribution < 1.29 is 76.4 Å². The van der Waals surface area contributed by atoms with E-state index in [1.807, 2.05) is 19.1 Å². The van der Waals surface area contributed by atoms with Crippen molar-refractivity contribution in [2.75, 3.05) is 109 Å². The highest BCUT2D eigenvalue weighted by molar-refractivity contribution is 7.93. The van der Waals surface area contributed by atoms with Gasteiger partial charge in [0, 0.05) is 92.9 Å². The van der Waals surface area contributed by atoms with Gasteiger partial charge in [0.25, 0.3) is 47.3 Å². The average Bonchev–Trinajstić information content (AvgIpc) is 0.798. The van der Waals surface area contributed by atoms with Gasteiger partial charge in [0.05, 0.1) is 99.2 Å². The van der Waals surface area contributed by atoms with E-state index in [4.69, 9.17) is 69.6 Å². The molecule has 0 spiro atoms. The molecule has 12 aromatic carbocycles. The molecule has 0 atom stereocenters. The van der Waals surface area contributed by atoms with E-state index in [0.717, 1.165) is 37.3 Å². The Bertz CT molecular complexity index is 6840. The SMILES string of the molecule is Cc1cccc(C(=O)Nc2cc(NC(=O)c3ccc(N4CCCCS4(=O)=O)cc3)ccc2Cl)c1.O=C(Nc1cc(NC(=O)c2ccc(N3CCCCS3(=O)=O)cc2Cl)ccc1Cl)c1cccc(Cl)c1.O=C(Nc1ccc(Cl)c(NC(=O)c2cccc(F)c2)c1)c1ccc(N2CCCCS2(=O)=O)cc1.O=C(Nc1ccc(Cl)c(NC(=O)c2ccccc2)c1)c1ccc(N2CCCCS2(=O)=O)cc1. The van der Waals surface area contributed by atoms with E-state index < -0.39 is 69.5 Å². The molecule has 4 heterocycles. The van der Waals surface area contributed by atoms with Gasteiger partial charge < -0.3 is 42.5 Å². The molecular weight excluding hydrogens is 1950 g/mol. The minimum absolute atomic E-state index is 0.0829. The summed E-state index contributed by atoms with van der Waals surface area (Å²) in [6.45, 7) is 3.57. The second-order valence-electron chi connectivity index (χ2n) is 31.4. The van der Waals surface area contributed by atoms with E-state index in [0.29, 0.717) is 163 Å². The molecule has 16 rings (SSSR count). The van der Waals surface area contributed by atoms with Gasteiger partial charge in [-0.15, -0.1) is 0 Å². The van der Waals surface area contributed by atoms with Crippen LogP contribution in [0.4, 0.5) is 72.6 Å². The van der Waals surface area contributed by atoms with Crippen molar-refractivity contribution in [3.8, 4) is 0 Å². The monoisotopic (exact) mass is 2030 g/mol. The van der Waals surface area contributed by atoms with Crippen molar-refractivity contribution in [3.05, 3.63) is 353 Å². The lowest BCUT2D eigenvalue weighted by atomic mass is 10.1. The van der Waals surface area contributed by atoms with E-state index in [9.17, 15) is 76.4 Å². The normalized spacial score (nSPS) is 14.9. The van der Waals surface area contributed by atoms with Crippen LogP contribution in [-0.2, 0) is 40.1 Å². The molecule has 4 aliphatic heterocycles. The molecule has 0 unspecified atom stereocenters. The van der Waals surface area contributed by atoms with Crippen LogP contribution < -0.4 is 59.8 Å². The van der Waals surface area contributed by atoms with E-state index in [1.54, 1.807) is 188 Å². The first kappa shape index (κ1) is 101. The fourth-order valence-electron chi connectivity index (χ4n) is 14.5. The second-order valence-corrected chi connectivity index (χ2v) is 41.9. The Morgan fingerprint density at radius 2 is 0.544 bits per heavy atom. The zero-order chi connectivity index (χ0) is 97.2. The van der Waals surface area contributed by atoms with Gasteiger partial charge in [0.15, 0.2) is 0 Å². The van der Waals surface area contributed by atoms with Crippen molar-refractivity contribution in [2.24, 2.45) is 0 Å². The van der Waals surface area contributed by atoms with Crippen LogP contribution >= 0.6 is 69.6 Å². The van der Waals surface area contributed by atoms with Gasteiger partial charge in [0.1, 0.15) is 5.82 Å². The molecule has 4 fully saturated rings. The van der Waals surface area contributed by atoms with Crippen LogP contribution in [0.2, 0.25) is 30.1 Å². The maximum Gasteiger partial charge on any atom is 0.257 e. The first-order valence-electron chi connectivity index (χ1n) is 42.4. The van der Waals surface area contributed by atoms with Crippen LogP contribution in [0.25, 0.3) is 0 Å². The van der Waals surface area contributed by atoms with Crippen molar-refractivity contribution in [1.82, 2.24) is 0 Å². The van der Waals surface area contributed by atoms with Crippen LogP contribution in [0, 0.1) is 12.7 Å². The summed E-state index contributed by atoms with van der Waals surface area (Å²) in [6.07, 6.45) is 5.74. The lowest BCUT2D eigenvalue weighted by Gasteiger charge is -2.28. The van der Waals surface area contributed by atoms with Crippen LogP contribution in [0.15, 0.2) is 267 Å². The summed E-state index contributed by atoms with van der Waals surface area (Å²) in [6, 6.07) is 70.1. The number of nitrogens with one attached hydrogen (secondary N) is 8. The molecule has 0 aliphatic carbocycles. The number of carbonyl (C=O) groups is 8. The van der Waals surface area contributed by atoms with Crippen LogP contribution in [-0.4, -0.2) is 130 Å². The van der Waals surface area contributed by atoms with E-state index in [-0.39, 0.29) is 78.5 Å². The Morgan fingerprint density at radius 1 is 0.257 bits per heavy atom. The molecule has 0 aromatic heterocycles. The fraction of sp³-hybridized carbons (Fsp3) is 0.175. The molecule has 136 heavy (non-hydrogen) atoms. The van der Waals surface area contributed by atoms with E-state index in [1.165, 1.54) is 77.9 Å². The summed E-state index contributed by atoms with van der Waals surface area (Å²) in [5.74, 6) is -3.32. The molecule has 4 saturated heterocycles. The first-order valence-corrected chi connectivity index (χ1v) is 51.1. The van der Waals surface area contributed by atoms with Crippen molar-refractivity contribution >= 4 is 225 Å². The van der Waals surface area contributed by atoms with Crippen LogP contribution in [0.1, 0.15) is 140 Å². The molecule has 0 radical (unpaired) electrons. The smallest absolute Gasteiger partial charge is 0.257 e. The fourth-order valence-corrected chi connectivity index (χ4v) is 22.2. The standard InChI is InChI=1S/C25H24ClN3O4S.C24H20Cl3N3O4S.C24H21ClFN3O4S.C24H22ClN3O4S/c1-17-5-4-6-19(15-17)25(31)28-23-16-20(9-12-22(23)26)27-24(30)18-7-10-21(11-8-18)29-13-2-3-14-34(29,32)33;25-16-5-3-4-15(12-16)23(31)29-22-13-17(6-9-20(22)26)28-24(32)19-8-7-18(14-21(19)27)30-10-1-2-11-35(30,33)34;25-21-11-8-19(15-22(21)28-24(31)17-4-3-5-18(26)14-17)27-23(30)16-6-9-20(10-7-16)29-12-1-2-13-34(29,32)33;25-21-13-10-19(16-22(21)27-24(30)17-6-2-1-3-7-17)26-23(29)18-8-11-20(12-9-18)28-14-4-5-15-33(28,31)32/h4-12,15-16H,2-3,13-14H2,1H3,(H,27,30)(H,28,31);3-9,12-14H,1-2,10-11H2,(H,28,32)(H,29,31);3-11,14-15H,1-2,12-13H2,(H,27,30)(H,28,31);1-3,6-13,16H,4-5,14-15H2,(H,26,29)(H,27,30). The number of carbonyl (C=O) groups excluding carboxylic acids is 8. The summed E-state index contributed by atoms with van der Waals surface area (Å²) in [7, 11) is -13.4. The van der Waals surface area contributed by atoms with E-state index >= 15 is 0 Å². The molecule has 704 valence electrons. The highest BCUT2D eigenvalue weighted by Gasteiger charge is 2.32. The highest BCUT2D eigenvalue weighted by atomic mass is 35.5.